The van der Waals surface area contributed by atoms with Crippen molar-refractivity contribution in [3.05, 3.63) is 60.7 Å². The maximum atomic E-state index is 2.74. The summed E-state index contributed by atoms with van der Waals surface area (Å²) in [5.74, 6) is 0. The van der Waals surface area contributed by atoms with Gasteiger partial charge in [-0.05, 0) is 0 Å². The van der Waals surface area contributed by atoms with Crippen LogP contribution in [-0.2, 0) is 0 Å². The number of rotatable bonds is 3. The van der Waals surface area contributed by atoms with Crippen molar-refractivity contribution in [1.82, 2.24) is 0 Å². The third kappa shape index (κ3) is 2.56. The summed E-state index contributed by atoms with van der Waals surface area (Å²) >= 11 is 2.74. The van der Waals surface area contributed by atoms with E-state index < -0.39 is 4.90 Å². The molecule has 0 heterocycles. The molecule has 0 aliphatic rings. The maximum absolute atomic E-state index is 2.74. The quantitative estimate of drug-likeness (QED) is 0.573. The fourth-order valence-electron chi connectivity index (χ4n) is 2.19. The van der Waals surface area contributed by atoms with Crippen LogP contribution in [0.4, 0.5) is 0 Å². The van der Waals surface area contributed by atoms with E-state index in [0.29, 0.717) is 5.66 Å². The Morgan fingerprint density at radius 1 is 0.765 bits per heavy atom. The van der Waals surface area contributed by atoms with Crippen molar-refractivity contribution >= 4 is 37.6 Å². The van der Waals surface area contributed by atoms with E-state index in [1.54, 1.807) is 0 Å². The van der Waals surface area contributed by atoms with E-state index in [1.165, 1.54) is 10.6 Å². The van der Waals surface area contributed by atoms with Crippen molar-refractivity contribution in [3.63, 3.8) is 0 Å². The van der Waals surface area contributed by atoms with Crippen LogP contribution < -0.4 is 10.6 Å². The second kappa shape index (κ2) is 5.49. The zero-order valence-corrected chi connectivity index (χ0v) is 13.4. The molecule has 17 heavy (non-hydrogen) atoms. The first kappa shape index (κ1) is 13.0. The van der Waals surface area contributed by atoms with E-state index in [4.69, 9.17) is 0 Å². The van der Waals surface area contributed by atoms with Crippen LogP contribution in [0.5, 0.6) is 0 Å². The van der Waals surface area contributed by atoms with Crippen molar-refractivity contribution in [1.29, 1.82) is 0 Å². The third-order valence-electron chi connectivity index (χ3n) is 3.18. The van der Waals surface area contributed by atoms with Gasteiger partial charge in [0.15, 0.2) is 0 Å². The van der Waals surface area contributed by atoms with Crippen molar-refractivity contribution in [2.24, 2.45) is 0 Å². The molecule has 0 radical (unpaired) electrons. The molecule has 2 heteroatoms. The van der Waals surface area contributed by atoms with E-state index in [-0.39, 0.29) is 0 Å². The number of benzene rings is 2. The molecule has 0 bridgehead atoms. The van der Waals surface area contributed by atoms with Crippen molar-refractivity contribution in [2.45, 2.75) is 19.5 Å². The second-order valence-electron chi connectivity index (χ2n) is 4.60. The molecule has 0 fully saturated rings. The molecule has 90 valence electrons. The minimum absolute atomic E-state index is 0.688. The molecule has 2 aromatic carbocycles. The van der Waals surface area contributed by atoms with E-state index in [0.717, 1.165) is 0 Å². The van der Waals surface area contributed by atoms with Crippen LogP contribution in [0, 0.1) is 0 Å². The SMILES string of the molecule is CC(C)[PH](I)(c1ccccc1)c1ccccc1. The van der Waals surface area contributed by atoms with Crippen LogP contribution >= 0.6 is 26.9 Å². The molecule has 0 aromatic heterocycles. The number of halogens is 1. The van der Waals surface area contributed by atoms with Gasteiger partial charge in [-0.15, -0.1) is 0 Å². The first-order valence-corrected chi connectivity index (χ1v) is 11.1. The predicted octanol–water partition coefficient (Wildman–Crippen LogP) is 4.15. The molecule has 2 rings (SSSR count). The minimum atomic E-state index is -1.61. The van der Waals surface area contributed by atoms with Crippen LogP contribution in [0.25, 0.3) is 0 Å². The Morgan fingerprint density at radius 3 is 1.41 bits per heavy atom. The fraction of sp³-hybridized carbons (Fsp3) is 0.200. The van der Waals surface area contributed by atoms with Crippen LogP contribution in [0.3, 0.4) is 0 Å². The summed E-state index contributed by atoms with van der Waals surface area (Å²) in [6.45, 7) is 4.69. The van der Waals surface area contributed by atoms with Gasteiger partial charge in [0.1, 0.15) is 0 Å². The molecular weight excluding hydrogens is 338 g/mol. The molecule has 0 saturated heterocycles. The Kier molecular flexibility index (Phi) is 4.22. The van der Waals surface area contributed by atoms with Gasteiger partial charge in [0.2, 0.25) is 0 Å². The zero-order valence-electron chi connectivity index (χ0n) is 10.2. The normalized spacial score (nSPS) is 12.7. The van der Waals surface area contributed by atoms with Gasteiger partial charge in [-0.2, -0.15) is 0 Å². The molecule has 2 aromatic rings. The molecule has 0 saturated carbocycles. The molecule has 0 unspecified atom stereocenters. The molecule has 0 aliphatic heterocycles. The first-order chi connectivity index (χ1) is 8.15. The Hall–Kier alpha value is -0.400. The van der Waals surface area contributed by atoms with Gasteiger partial charge in [-0.1, -0.05) is 0 Å². The van der Waals surface area contributed by atoms with Gasteiger partial charge in [0, 0.05) is 0 Å². The van der Waals surface area contributed by atoms with Crippen LogP contribution in [0.2, 0.25) is 0 Å². The van der Waals surface area contributed by atoms with Gasteiger partial charge < -0.3 is 0 Å². The molecule has 0 spiro atoms. The Morgan fingerprint density at radius 2 is 1.12 bits per heavy atom. The fourth-order valence-corrected chi connectivity index (χ4v) is 7.37. The van der Waals surface area contributed by atoms with Gasteiger partial charge in [-0.3, -0.25) is 0 Å². The zero-order chi connectivity index (χ0) is 12.3. The number of hydrogen-bond donors (Lipinski definition) is 0. The Labute approximate surface area is 117 Å². The van der Waals surface area contributed by atoms with Gasteiger partial charge in [-0.25, -0.2) is 0 Å². The topological polar surface area (TPSA) is 0 Å². The Bertz CT molecular complexity index is 425. The molecule has 0 atom stereocenters. The summed E-state index contributed by atoms with van der Waals surface area (Å²) in [4.78, 5) is -1.61. The van der Waals surface area contributed by atoms with E-state index in [1.807, 2.05) is 0 Å². The van der Waals surface area contributed by atoms with Crippen LogP contribution in [-0.4, -0.2) is 5.66 Å². The molecule has 0 N–H and O–H groups in total. The Balaban J connectivity index is 2.55. The summed E-state index contributed by atoms with van der Waals surface area (Å²) in [7, 11) is 0. The van der Waals surface area contributed by atoms with Gasteiger partial charge in [0.25, 0.3) is 0 Å². The summed E-state index contributed by atoms with van der Waals surface area (Å²) in [6, 6.07) is 21.9. The second-order valence-corrected chi connectivity index (χ2v) is 13.4. The average molecular weight is 356 g/mol. The first-order valence-electron chi connectivity index (χ1n) is 5.95. The van der Waals surface area contributed by atoms with Crippen LogP contribution in [0.15, 0.2) is 60.7 Å². The summed E-state index contributed by atoms with van der Waals surface area (Å²) in [6.07, 6.45) is 0. The number of hydrogen-bond acceptors (Lipinski definition) is 0. The summed E-state index contributed by atoms with van der Waals surface area (Å²) in [5, 5.41) is 3.03. The van der Waals surface area contributed by atoms with Crippen molar-refractivity contribution in [3.8, 4) is 0 Å². The summed E-state index contributed by atoms with van der Waals surface area (Å²) < 4.78 is 0. The van der Waals surface area contributed by atoms with E-state index in [2.05, 4.69) is 96.6 Å². The van der Waals surface area contributed by atoms with Crippen molar-refractivity contribution in [2.75, 3.05) is 0 Å². The predicted molar refractivity (Wildman–Crippen MR) is 89.6 cm³/mol. The molecular formula is C15H18IP. The average Bonchev–Trinajstić information content (AvgIpc) is 2.39. The molecule has 0 amide bonds. The standard InChI is InChI=1S/C15H18IP/c1-13(2)17(16,14-9-5-3-6-10-14)15-11-7-4-8-12-15/h3-13,17H,1-2H3. The van der Waals surface area contributed by atoms with E-state index >= 15 is 0 Å². The summed E-state index contributed by atoms with van der Waals surface area (Å²) in [5.41, 5.74) is 0.688. The van der Waals surface area contributed by atoms with Gasteiger partial charge >= 0.3 is 118 Å². The molecule has 0 aliphatic carbocycles. The van der Waals surface area contributed by atoms with Gasteiger partial charge in [0.05, 0.1) is 0 Å². The van der Waals surface area contributed by atoms with Crippen molar-refractivity contribution < 1.29 is 0 Å². The van der Waals surface area contributed by atoms with Crippen LogP contribution in [0.1, 0.15) is 13.8 Å². The third-order valence-corrected chi connectivity index (χ3v) is 14.6. The van der Waals surface area contributed by atoms with E-state index in [9.17, 15) is 0 Å². The molecule has 0 nitrogen and oxygen atoms in total. The monoisotopic (exact) mass is 356 g/mol.